The van der Waals surface area contributed by atoms with Crippen molar-refractivity contribution in [1.82, 2.24) is 5.32 Å². The quantitative estimate of drug-likeness (QED) is 0.845. The van der Waals surface area contributed by atoms with E-state index >= 15 is 0 Å². The van der Waals surface area contributed by atoms with E-state index in [1.807, 2.05) is 30.3 Å². The summed E-state index contributed by atoms with van der Waals surface area (Å²) in [5.74, 6) is -0.420. The van der Waals surface area contributed by atoms with E-state index in [2.05, 4.69) is 5.32 Å². The normalized spacial score (nSPS) is 18.5. The van der Waals surface area contributed by atoms with Crippen LogP contribution < -0.4 is 5.32 Å². The van der Waals surface area contributed by atoms with Crippen LogP contribution in [0.25, 0.3) is 0 Å². The van der Waals surface area contributed by atoms with Gasteiger partial charge in [0.2, 0.25) is 5.91 Å². The van der Waals surface area contributed by atoms with Crippen LogP contribution in [0, 0.1) is 5.82 Å². The molecule has 1 atom stereocenters. The van der Waals surface area contributed by atoms with Gasteiger partial charge < -0.3 is 14.8 Å². The third kappa shape index (κ3) is 3.89. The first-order chi connectivity index (χ1) is 13.0. The summed E-state index contributed by atoms with van der Waals surface area (Å²) < 4.78 is 25.4. The smallest absolute Gasteiger partial charge is 0.230 e. The van der Waals surface area contributed by atoms with Gasteiger partial charge in [0.25, 0.3) is 0 Å². The number of methoxy groups -OCH3 is 1. The maximum Gasteiger partial charge on any atom is 0.230 e. The van der Waals surface area contributed by atoms with E-state index in [1.54, 1.807) is 25.1 Å². The Morgan fingerprint density at radius 3 is 2.41 bits per heavy atom. The molecule has 1 aliphatic heterocycles. The fraction of sp³-hybridized carbons (Fsp3) is 0.409. The molecule has 1 amide bonds. The minimum atomic E-state index is -0.954. The molecule has 0 aliphatic carbocycles. The number of carbonyl (C=O) groups is 1. The van der Waals surface area contributed by atoms with Crippen molar-refractivity contribution in [2.45, 2.75) is 30.8 Å². The molecule has 0 unspecified atom stereocenters. The number of amides is 1. The monoisotopic (exact) mass is 371 g/mol. The molecular weight excluding hydrogens is 345 g/mol. The van der Waals surface area contributed by atoms with Gasteiger partial charge in [0.1, 0.15) is 11.4 Å². The van der Waals surface area contributed by atoms with Crippen LogP contribution in [0.1, 0.15) is 30.9 Å². The summed E-state index contributed by atoms with van der Waals surface area (Å²) in [5, 5.41) is 3.02. The van der Waals surface area contributed by atoms with Crippen molar-refractivity contribution in [2.75, 3.05) is 26.9 Å². The first-order valence-corrected chi connectivity index (χ1v) is 9.24. The molecule has 144 valence electrons. The topological polar surface area (TPSA) is 47.6 Å². The number of nitrogens with one attached hydrogen (secondary N) is 1. The highest BCUT2D eigenvalue weighted by Crippen LogP contribution is 2.35. The number of hydrogen-bond donors (Lipinski definition) is 1. The van der Waals surface area contributed by atoms with Crippen molar-refractivity contribution in [1.29, 1.82) is 0 Å². The summed E-state index contributed by atoms with van der Waals surface area (Å²) >= 11 is 0. The number of benzene rings is 2. The molecule has 5 heteroatoms. The SMILES string of the molecule is CO[C@@](C)(CNC(=O)C1(c2ccccc2)CCOCC1)c1ccccc1F. The summed E-state index contributed by atoms with van der Waals surface area (Å²) in [6.45, 7) is 3.04. The van der Waals surface area contributed by atoms with Crippen LogP contribution in [0.5, 0.6) is 0 Å². The highest BCUT2D eigenvalue weighted by Gasteiger charge is 2.42. The Morgan fingerprint density at radius 1 is 1.15 bits per heavy atom. The maximum atomic E-state index is 14.3. The van der Waals surface area contributed by atoms with E-state index in [9.17, 15) is 9.18 Å². The zero-order valence-electron chi connectivity index (χ0n) is 15.8. The summed E-state index contributed by atoms with van der Waals surface area (Å²) in [7, 11) is 1.53. The largest absolute Gasteiger partial charge is 0.381 e. The molecule has 2 aromatic carbocycles. The predicted molar refractivity (Wildman–Crippen MR) is 102 cm³/mol. The van der Waals surface area contributed by atoms with Crippen molar-refractivity contribution in [3.05, 3.63) is 71.5 Å². The van der Waals surface area contributed by atoms with Crippen LogP contribution in [0.15, 0.2) is 54.6 Å². The lowest BCUT2D eigenvalue weighted by Gasteiger charge is -2.38. The van der Waals surface area contributed by atoms with Gasteiger partial charge in [-0.25, -0.2) is 4.39 Å². The van der Waals surface area contributed by atoms with Crippen molar-refractivity contribution in [3.8, 4) is 0 Å². The standard InChI is InChI=1S/C22H26FNO3/c1-21(26-2,18-10-6-7-11-19(18)23)16-24-20(25)22(12-14-27-15-13-22)17-8-4-3-5-9-17/h3-11H,12-16H2,1-2H3,(H,24,25)/t21-/m0/s1. The molecular formula is C22H26FNO3. The van der Waals surface area contributed by atoms with Crippen LogP contribution >= 0.6 is 0 Å². The van der Waals surface area contributed by atoms with Crippen LogP contribution in [-0.2, 0) is 25.3 Å². The molecule has 0 bridgehead atoms. The van der Waals surface area contributed by atoms with E-state index in [0.717, 1.165) is 5.56 Å². The van der Waals surface area contributed by atoms with Gasteiger partial charge in [-0.3, -0.25) is 4.79 Å². The van der Waals surface area contributed by atoms with E-state index in [1.165, 1.54) is 13.2 Å². The average molecular weight is 371 g/mol. The van der Waals surface area contributed by atoms with Gasteiger partial charge in [-0.15, -0.1) is 0 Å². The molecule has 1 fully saturated rings. The highest BCUT2D eigenvalue weighted by atomic mass is 19.1. The molecule has 1 heterocycles. The minimum absolute atomic E-state index is 0.0726. The van der Waals surface area contributed by atoms with Gasteiger partial charge in [-0.1, -0.05) is 48.5 Å². The highest BCUT2D eigenvalue weighted by molar-refractivity contribution is 5.88. The van der Waals surface area contributed by atoms with Gasteiger partial charge in [-0.2, -0.15) is 0 Å². The van der Waals surface area contributed by atoms with Crippen molar-refractivity contribution < 1.29 is 18.7 Å². The molecule has 1 aliphatic rings. The van der Waals surface area contributed by atoms with Crippen LogP contribution in [0.4, 0.5) is 4.39 Å². The Hall–Kier alpha value is -2.24. The second kappa shape index (κ2) is 8.19. The number of hydrogen-bond acceptors (Lipinski definition) is 3. The Kier molecular flexibility index (Phi) is 5.92. The van der Waals surface area contributed by atoms with Crippen molar-refractivity contribution in [3.63, 3.8) is 0 Å². The molecule has 1 N–H and O–H groups in total. The average Bonchev–Trinajstić information content (AvgIpc) is 2.73. The number of rotatable bonds is 6. The summed E-state index contributed by atoms with van der Waals surface area (Å²) in [6.07, 6.45) is 1.23. The van der Waals surface area contributed by atoms with E-state index < -0.39 is 11.0 Å². The molecule has 2 aromatic rings. The summed E-state index contributed by atoms with van der Waals surface area (Å²) in [4.78, 5) is 13.3. The number of carbonyl (C=O) groups excluding carboxylic acids is 1. The molecule has 0 aromatic heterocycles. The fourth-order valence-electron chi connectivity index (χ4n) is 3.71. The lowest BCUT2D eigenvalue weighted by molar-refractivity contribution is -0.132. The Labute approximate surface area is 159 Å². The third-order valence-electron chi connectivity index (χ3n) is 5.59. The van der Waals surface area contributed by atoms with Crippen LogP contribution in [0.3, 0.4) is 0 Å². The van der Waals surface area contributed by atoms with E-state index in [-0.39, 0.29) is 18.3 Å². The molecule has 0 saturated carbocycles. The summed E-state index contributed by atoms with van der Waals surface area (Å²) in [6, 6.07) is 16.3. The first kappa shape index (κ1) is 19.5. The van der Waals surface area contributed by atoms with Crippen molar-refractivity contribution >= 4 is 5.91 Å². The molecule has 1 saturated heterocycles. The van der Waals surface area contributed by atoms with Gasteiger partial charge in [-0.05, 0) is 31.4 Å². The van der Waals surface area contributed by atoms with E-state index in [0.29, 0.717) is 31.6 Å². The first-order valence-electron chi connectivity index (χ1n) is 9.24. The summed E-state index contributed by atoms with van der Waals surface area (Å²) in [5.41, 5.74) is -0.183. The molecule has 4 nitrogen and oxygen atoms in total. The Bertz CT molecular complexity index is 774. The number of halogens is 1. The van der Waals surface area contributed by atoms with Gasteiger partial charge in [0.15, 0.2) is 0 Å². The Morgan fingerprint density at radius 2 is 1.78 bits per heavy atom. The predicted octanol–water partition coefficient (Wildman–Crippen LogP) is 3.55. The van der Waals surface area contributed by atoms with Crippen molar-refractivity contribution in [2.24, 2.45) is 0 Å². The third-order valence-corrected chi connectivity index (χ3v) is 5.59. The molecule has 3 rings (SSSR count). The van der Waals surface area contributed by atoms with E-state index in [4.69, 9.17) is 9.47 Å². The van der Waals surface area contributed by atoms with Gasteiger partial charge >= 0.3 is 0 Å². The molecule has 0 spiro atoms. The molecule has 27 heavy (non-hydrogen) atoms. The minimum Gasteiger partial charge on any atom is -0.381 e. The van der Waals surface area contributed by atoms with Gasteiger partial charge in [0.05, 0.1) is 12.0 Å². The molecule has 0 radical (unpaired) electrons. The maximum absolute atomic E-state index is 14.3. The number of ether oxygens (including phenoxy) is 2. The van der Waals surface area contributed by atoms with Gasteiger partial charge in [0, 0.05) is 25.9 Å². The lowest BCUT2D eigenvalue weighted by Crippen LogP contribution is -2.51. The zero-order chi connectivity index (χ0) is 19.3. The Balaban J connectivity index is 1.83. The second-order valence-electron chi connectivity index (χ2n) is 7.16. The second-order valence-corrected chi connectivity index (χ2v) is 7.16. The lowest BCUT2D eigenvalue weighted by atomic mass is 9.73. The van der Waals surface area contributed by atoms with Crippen LogP contribution in [0.2, 0.25) is 0 Å². The zero-order valence-corrected chi connectivity index (χ0v) is 15.8. The fourth-order valence-corrected chi connectivity index (χ4v) is 3.71. The van der Waals surface area contributed by atoms with Crippen LogP contribution in [-0.4, -0.2) is 32.8 Å².